The van der Waals surface area contributed by atoms with Crippen LogP contribution in [0.1, 0.15) is 18.0 Å². The summed E-state index contributed by atoms with van der Waals surface area (Å²) in [5, 5.41) is 23.0. The lowest BCUT2D eigenvalue weighted by Crippen LogP contribution is -2.36. The summed E-state index contributed by atoms with van der Waals surface area (Å²) in [6, 6.07) is 7.48. The summed E-state index contributed by atoms with van der Waals surface area (Å²) in [5.41, 5.74) is 6.84. The molecule has 8 nitrogen and oxygen atoms in total. The second kappa shape index (κ2) is 4.57. The minimum Gasteiger partial charge on any atom is -0.383 e. The van der Waals surface area contributed by atoms with Crippen molar-refractivity contribution in [3.8, 4) is 6.07 Å². The van der Waals surface area contributed by atoms with E-state index in [1.807, 2.05) is 6.07 Å². The summed E-state index contributed by atoms with van der Waals surface area (Å²) in [5.74, 6) is -0.00647. The molecule has 0 saturated carbocycles. The van der Waals surface area contributed by atoms with Crippen molar-refractivity contribution < 1.29 is 9.72 Å². The molecule has 1 saturated heterocycles. The number of hydrazine groups is 1. The molecule has 21 heavy (non-hydrogen) atoms. The lowest BCUT2D eigenvalue weighted by molar-refractivity contribution is -0.384. The number of nitro groups is 1. The van der Waals surface area contributed by atoms with Crippen LogP contribution in [-0.2, 0) is 4.79 Å². The van der Waals surface area contributed by atoms with Gasteiger partial charge in [-0.3, -0.25) is 14.9 Å². The predicted octanol–water partition coefficient (Wildman–Crippen LogP) is 0.793. The standard InChI is InChI=1S/C13H11N5O3/c14-7-10-12(8-1-3-9(4-2-8)18(20)21)16-6-5-11(19)17(16)13(10)15/h1-4,12H,5-6,15H2/t12-/m1/s1. The second-order valence-corrected chi connectivity index (χ2v) is 4.78. The second-order valence-electron chi connectivity index (χ2n) is 4.78. The zero-order chi connectivity index (χ0) is 15.1. The van der Waals surface area contributed by atoms with Crippen LogP contribution in [0.25, 0.3) is 0 Å². The van der Waals surface area contributed by atoms with E-state index in [4.69, 9.17) is 5.73 Å². The molecule has 1 fully saturated rings. The lowest BCUT2D eigenvalue weighted by atomic mass is 9.99. The predicted molar refractivity (Wildman–Crippen MR) is 70.8 cm³/mol. The number of nitro benzene ring substituents is 1. The third-order valence-electron chi connectivity index (χ3n) is 3.66. The van der Waals surface area contributed by atoms with Crippen LogP contribution in [0.15, 0.2) is 35.7 Å². The van der Waals surface area contributed by atoms with Gasteiger partial charge in [0.05, 0.1) is 16.5 Å². The van der Waals surface area contributed by atoms with Gasteiger partial charge in [-0.15, -0.1) is 0 Å². The lowest BCUT2D eigenvalue weighted by Gasteiger charge is -2.25. The van der Waals surface area contributed by atoms with Gasteiger partial charge in [-0.1, -0.05) is 12.1 Å². The quantitative estimate of drug-likeness (QED) is 0.634. The molecular formula is C13H11N5O3. The Morgan fingerprint density at radius 3 is 2.62 bits per heavy atom. The number of carbonyl (C=O) groups is 1. The number of benzene rings is 1. The van der Waals surface area contributed by atoms with Crippen LogP contribution in [0.4, 0.5) is 5.69 Å². The van der Waals surface area contributed by atoms with Gasteiger partial charge in [-0.2, -0.15) is 10.3 Å². The summed E-state index contributed by atoms with van der Waals surface area (Å²) in [6.07, 6.45) is 0.336. The Hall–Kier alpha value is -2.92. The van der Waals surface area contributed by atoms with Crippen molar-refractivity contribution in [2.45, 2.75) is 12.5 Å². The highest BCUT2D eigenvalue weighted by Gasteiger charge is 2.45. The molecule has 1 amide bonds. The average molecular weight is 285 g/mol. The molecule has 2 aliphatic heterocycles. The molecule has 3 rings (SSSR count). The molecule has 1 aromatic rings. The van der Waals surface area contributed by atoms with Gasteiger partial charge in [0.2, 0.25) is 5.91 Å². The van der Waals surface area contributed by atoms with Crippen LogP contribution in [-0.4, -0.2) is 27.4 Å². The van der Waals surface area contributed by atoms with E-state index in [0.29, 0.717) is 18.5 Å². The van der Waals surface area contributed by atoms with Crippen LogP contribution in [0, 0.1) is 21.4 Å². The number of nitriles is 1. The van der Waals surface area contributed by atoms with Crippen molar-refractivity contribution in [3.05, 3.63) is 51.3 Å². The molecule has 0 aliphatic carbocycles. The molecular weight excluding hydrogens is 274 g/mol. The zero-order valence-electron chi connectivity index (χ0n) is 10.9. The monoisotopic (exact) mass is 285 g/mol. The maximum absolute atomic E-state index is 11.8. The van der Waals surface area contributed by atoms with E-state index in [1.165, 1.54) is 17.1 Å². The Balaban J connectivity index is 2.03. The fourth-order valence-electron chi connectivity index (χ4n) is 2.72. The first-order valence-corrected chi connectivity index (χ1v) is 6.28. The van der Waals surface area contributed by atoms with Crippen LogP contribution in [0.2, 0.25) is 0 Å². The third kappa shape index (κ3) is 1.83. The number of carbonyl (C=O) groups excluding carboxylic acids is 1. The van der Waals surface area contributed by atoms with Crippen molar-refractivity contribution in [1.82, 2.24) is 10.0 Å². The van der Waals surface area contributed by atoms with Crippen molar-refractivity contribution in [2.75, 3.05) is 6.54 Å². The average Bonchev–Trinajstić information content (AvgIpc) is 2.98. The molecule has 0 spiro atoms. The maximum atomic E-state index is 11.8. The Bertz CT molecular complexity index is 704. The molecule has 0 aromatic heterocycles. The molecule has 0 radical (unpaired) electrons. The molecule has 8 heteroatoms. The Morgan fingerprint density at radius 2 is 2.05 bits per heavy atom. The number of rotatable bonds is 2. The van der Waals surface area contributed by atoms with Crippen molar-refractivity contribution in [1.29, 1.82) is 5.26 Å². The molecule has 2 N–H and O–H groups in total. The van der Waals surface area contributed by atoms with E-state index in [9.17, 15) is 20.2 Å². The van der Waals surface area contributed by atoms with Gasteiger partial charge in [0.1, 0.15) is 11.9 Å². The van der Waals surface area contributed by atoms with Crippen molar-refractivity contribution >= 4 is 11.6 Å². The minimum absolute atomic E-state index is 0.0263. The molecule has 2 heterocycles. The molecule has 1 atom stereocenters. The highest BCUT2D eigenvalue weighted by molar-refractivity contribution is 5.81. The van der Waals surface area contributed by atoms with Gasteiger partial charge in [0.15, 0.2) is 0 Å². The Labute approximate surface area is 119 Å². The van der Waals surface area contributed by atoms with Gasteiger partial charge in [0, 0.05) is 25.1 Å². The van der Waals surface area contributed by atoms with E-state index in [2.05, 4.69) is 0 Å². The minimum atomic E-state index is -0.487. The fraction of sp³-hybridized carbons (Fsp3) is 0.231. The number of non-ortho nitro benzene ring substituents is 1. The van der Waals surface area contributed by atoms with Crippen LogP contribution in [0.5, 0.6) is 0 Å². The SMILES string of the molecule is N#CC1=C(N)N2C(=O)CCN2[C@@H]1c1ccc([N+](=O)[O-])cc1. The van der Waals surface area contributed by atoms with E-state index in [1.54, 1.807) is 17.1 Å². The van der Waals surface area contributed by atoms with Gasteiger partial charge < -0.3 is 5.73 Å². The first kappa shape index (κ1) is 13.1. The van der Waals surface area contributed by atoms with Gasteiger partial charge in [-0.25, -0.2) is 5.01 Å². The van der Waals surface area contributed by atoms with Crippen LogP contribution >= 0.6 is 0 Å². The van der Waals surface area contributed by atoms with E-state index in [0.717, 1.165) is 0 Å². The molecule has 106 valence electrons. The number of hydrogen-bond donors (Lipinski definition) is 1. The first-order chi connectivity index (χ1) is 10.0. The zero-order valence-corrected chi connectivity index (χ0v) is 10.9. The van der Waals surface area contributed by atoms with E-state index < -0.39 is 11.0 Å². The normalized spacial score (nSPS) is 21.6. The highest BCUT2D eigenvalue weighted by Crippen LogP contribution is 2.41. The summed E-state index contributed by atoms with van der Waals surface area (Å²) in [4.78, 5) is 22.0. The molecule has 0 unspecified atom stereocenters. The fourth-order valence-corrected chi connectivity index (χ4v) is 2.72. The van der Waals surface area contributed by atoms with Crippen LogP contribution in [0.3, 0.4) is 0 Å². The van der Waals surface area contributed by atoms with Gasteiger partial charge in [-0.05, 0) is 5.56 Å². The van der Waals surface area contributed by atoms with E-state index in [-0.39, 0.29) is 23.0 Å². The van der Waals surface area contributed by atoms with Gasteiger partial charge in [0.25, 0.3) is 5.69 Å². The van der Waals surface area contributed by atoms with Crippen molar-refractivity contribution in [3.63, 3.8) is 0 Å². The number of nitrogens with zero attached hydrogens (tertiary/aromatic N) is 4. The van der Waals surface area contributed by atoms with Gasteiger partial charge >= 0.3 is 0 Å². The highest BCUT2D eigenvalue weighted by atomic mass is 16.6. The largest absolute Gasteiger partial charge is 0.383 e. The number of hydrogen-bond acceptors (Lipinski definition) is 6. The molecule has 1 aromatic carbocycles. The summed E-state index contributed by atoms with van der Waals surface area (Å²) >= 11 is 0. The third-order valence-corrected chi connectivity index (χ3v) is 3.66. The summed E-state index contributed by atoms with van der Waals surface area (Å²) < 4.78 is 0. The molecule has 2 aliphatic rings. The Kier molecular flexibility index (Phi) is 2.85. The number of nitrogens with two attached hydrogens (primary N) is 1. The maximum Gasteiger partial charge on any atom is 0.269 e. The topological polar surface area (TPSA) is 116 Å². The van der Waals surface area contributed by atoms with E-state index >= 15 is 0 Å². The Morgan fingerprint density at radius 1 is 1.38 bits per heavy atom. The molecule has 0 bridgehead atoms. The first-order valence-electron chi connectivity index (χ1n) is 6.28. The summed E-state index contributed by atoms with van der Waals surface area (Å²) in [6.45, 7) is 0.465. The smallest absolute Gasteiger partial charge is 0.269 e. The number of fused-ring (bicyclic) bond motifs is 1. The van der Waals surface area contributed by atoms with Crippen molar-refractivity contribution in [2.24, 2.45) is 5.73 Å². The summed E-state index contributed by atoms with van der Waals surface area (Å²) in [7, 11) is 0. The number of amides is 1. The van der Waals surface area contributed by atoms with Crippen LogP contribution < -0.4 is 5.73 Å².